The SMILES string of the molecule is CCn1cc(CNCc2ncc(-c3cccc(-c4cccc(-c5cnc(CNCc6cnn(CC)c6)c(OC)n5)c4Cl)c3Cl)nc2OC)cn1. The van der Waals surface area contributed by atoms with Gasteiger partial charge >= 0.3 is 0 Å². The molecule has 0 saturated carbocycles. The van der Waals surface area contributed by atoms with Crippen LogP contribution in [-0.2, 0) is 39.3 Å². The Morgan fingerprint density at radius 2 is 1.02 bits per heavy atom. The lowest BCUT2D eigenvalue weighted by Gasteiger charge is -2.15. The van der Waals surface area contributed by atoms with E-state index >= 15 is 0 Å². The highest BCUT2D eigenvalue weighted by Crippen LogP contribution is 2.42. The molecule has 0 aliphatic carbocycles. The number of nitrogens with zero attached hydrogens (tertiary/aromatic N) is 8. The predicted molar refractivity (Wildman–Crippen MR) is 194 cm³/mol. The maximum atomic E-state index is 7.07. The second-order valence-corrected chi connectivity index (χ2v) is 12.1. The molecule has 2 aromatic carbocycles. The molecular formula is C36H38Cl2N10O2. The number of methoxy groups -OCH3 is 2. The Morgan fingerprint density at radius 1 is 0.600 bits per heavy atom. The van der Waals surface area contributed by atoms with Gasteiger partial charge in [-0.3, -0.25) is 19.3 Å². The first kappa shape index (κ1) is 35.0. The van der Waals surface area contributed by atoms with E-state index in [0.717, 1.165) is 35.3 Å². The summed E-state index contributed by atoms with van der Waals surface area (Å²) in [5.74, 6) is 0.832. The summed E-state index contributed by atoms with van der Waals surface area (Å²) in [6.45, 7) is 8.00. The van der Waals surface area contributed by atoms with Crippen LogP contribution in [0.25, 0.3) is 33.6 Å². The van der Waals surface area contributed by atoms with Crippen LogP contribution < -0.4 is 20.1 Å². The van der Waals surface area contributed by atoms with Gasteiger partial charge in [0.25, 0.3) is 0 Å². The van der Waals surface area contributed by atoms with E-state index in [9.17, 15) is 0 Å². The zero-order valence-electron chi connectivity index (χ0n) is 28.3. The average molecular weight is 714 g/mol. The summed E-state index contributed by atoms with van der Waals surface area (Å²) in [5.41, 5.74) is 7.57. The molecule has 6 aromatic rings. The second kappa shape index (κ2) is 16.2. The molecule has 0 bridgehead atoms. The molecule has 258 valence electrons. The molecule has 0 saturated heterocycles. The highest BCUT2D eigenvalue weighted by molar-refractivity contribution is 6.39. The van der Waals surface area contributed by atoms with E-state index in [1.807, 2.05) is 70.5 Å². The third kappa shape index (κ3) is 7.79. The van der Waals surface area contributed by atoms with Crippen molar-refractivity contribution in [2.75, 3.05) is 14.2 Å². The monoisotopic (exact) mass is 712 g/mol. The molecule has 0 fully saturated rings. The van der Waals surface area contributed by atoms with Crippen LogP contribution in [0.1, 0.15) is 36.4 Å². The number of aromatic nitrogens is 8. The van der Waals surface area contributed by atoms with Gasteiger partial charge in [-0.05, 0) is 13.8 Å². The Hall–Kier alpha value is -4.88. The summed E-state index contributed by atoms with van der Waals surface area (Å²) in [6, 6.07) is 11.5. The molecule has 6 rings (SSSR count). The van der Waals surface area contributed by atoms with Crippen molar-refractivity contribution in [1.29, 1.82) is 0 Å². The first-order chi connectivity index (χ1) is 24.4. The smallest absolute Gasteiger partial charge is 0.237 e. The molecule has 0 atom stereocenters. The summed E-state index contributed by atoms with van der Waals surface area (Å²) in [7, 11) is 3.16. The van der Waals surface area contributed by atoms with Crippen molar-refractivity contribution in [2.24, 2.45) is 0 Å². The lowest BCUT2D eigenvalue weighted by molar-refractivity contribution is 0.387. The summed E-state index contributed by atoms with van der Waals surface area (Å²) in [4.78, 5) is 18.8. The normalized spacial score (nSPS) is 11.2. The third-order valence-corrected chi connectivity index (χ3v) is 8.93. The summed E-state index contributed by atoms with van der Waals surface area (Å²) in [6.07, 6.45) is 11.1. The van der Waals surface area contributed by atoms with Crippen LogP contribution in [0.3, 0.4) is 0 Å². The Kier molecular flexibility index (Phi) is 11.3. The number of ether oxygens (including phenoxy) is 2. The molecule has 14 heteroatoms. The number of hydrogen-bond acceptors (Lipinski definition) is 10. The zero-order valence-corrected chi connectivity index (χ0v) is 29.8. The molecule has 50 heavy (non-hydrogen) atoms. The lowest BCUT2D eigenvalue weighted by Crippen LogP contribution is -2.15. The molecule has 12 nitrogen and oxygen atoms in total. The second-order valence-electron chi connectivity index (χ2n) is 11.4. The van der Waals surface area contributed by atoms with Crippen molar-refractivity contribution >= 4 is 23.2 Å². The van der Waals surface area contributed by atoms with Gasteiger partial charge in [0.05, 0.1) is 60.4 Å². The maximum Gasteiger partial charge on any atom is 0.237 e. The predicted octanol–water partition coefficient (Wildman–Crippen LogP) is 6.60. The van der Waals surface area contributed by atoms with Gasteiger partial charge in [0.1, 0.15) is 11.4 Å². The molecule has 0 radical (unpaired) electrons. The zero-order chi connectivity index (χ0) is 35.0. The van der Waals surface area contributed by atoms with Crippen LogP contribution in [0.4, 0.5) is 0 Å². The first-order valence-corrected chi connectivity index (χ1v) is 17.0. The third-order valence-electron chi connectivity index (χ3n) is 8.11. The molecule has 0 aliphatic rings. The Bertz CT molecular complexity index is 1930. The molecule has 0 spiro atoms. The minimum Gasteiger partial charge on any atom is -0.480 e. The molecule has 2 N–H and O–H groups in total. The van der Waals surface area contributed by atoms with Crippen LogP contribution in [0.15, 0.2) is 73.6 Å². The number of hydrogen-bond donors (Lipinski definition) is 2. The first-order valence-electron chi connectivity index (χ1n) is 16.2. The van der Waals surface area contributed by atoms with Gasteiger partial charge in [0.15, 0.2) is 0 Å². The average Bonchev–Trinajstić information content (AvgIpc) is 3.82. The van der Waals surface area contributed by atoms with Crippen LogP contribution >= 0.6 is 23.2 Å². The van der Waals surface area contributed by atoms with E-state index in [0.29, 0.717) is 81.9 Å². The van der Waals surface area contributed by atoms with Crippen molar-refractivity contribution in [3.63, 3.8) is 0 Å². The van der Waals surface area contributed by atoms with E-state index in [4.69, 9.17) is 42.6 Å². The van der Waals surface area contributed by atoms with Gasteiger partial charge in [-0.25, -0.2) is 9.97 Å². The fourth-order valence-corrected chi connectivity index (χ4v) is 6.14. The van der Waals surface area contributed by atoms with E-state index in [-0.39, 0.29) is 0 Å². The minimum absolute atomic E-state index is 0.416. The Balaban J connectivity index is 1.20. The van der Waals surface area contributed by atoms with Gasteiger partial charge in [-0.15, -0.1) is 0 Å². The number of aryl methyl sites for hydroxylation is 2. The number of benzene rings is 2. The number of halogens is 2. The van der Waals surface area contributed by atoms with Gasteiger partial charge in [0.2, 0.25) is 11.8 Å². The number of nitrogens with one attached hydrogen (secondary N) is 2. The largest absolute Gasteiger partial charge is 0.480 e. The molecule has 4 aromatic heterocycles. The van der Waals surface area contributed by atoms with Crippen LogP contribution in [0.5, 0.6) is 11.8 Å². The van der Waals surface area contributed by atoms with Crippen molar-refractivity contribution < 1.29 is 9.47 Å². The quantitative estimate of drug-likeness (QED) is 0.120. The lowest BCUT2D eigenvalue weighted by atomic mass is 9.98. The van der Waals surface area contributed by atoms with E-state index in [2.05, 4.69) is 44.6 Å². The van der Waals surface area contributed by atoms with Crippen molar-refractivity contribution in [3.05, 3.63) is 106 Å². The summed E-state index contributed by atoms with van der Waals surface area (Å²) >= 11 is 14.1. The summed E-state index contributed by atoms with van der Waals surface area (Å²) < 4.78 is 15.0. The van der Waals surface area contributed by atoms with Gasteiger partial charge < -0.3 is 20.1 Å². The highest BCUT2D eigenvalue weighted by Gasteiger charge is 2.19. The molecule has 0 amide bonds. The van der Waals surface area contributed by atoms with E-state index < -0.39 is 0 Å². The van der Waals surface area contributed by atoms with E-state index in [1.165, 1.54) is 0 Å². The standard InChI is InChI=1S/C36H38Cl2N10O2/c1-5-47-21-23(15-43-47)13-39-17-31-35(49-3)45-29(19-41-31)27-11-7-9-25(33(27)37)26-10-8-12-28(34(26)38)30-20-42-32(36(46-30)50-4)18-40-14-24-16-44-48(6-2)22-24/h7-12,15-16,19-22,39-40H,5-6,13-14,17-18H2,1-4H3. The van der Waals surface area contributed by atoms with Gasteiger partial charge in [-0.2, -0.15) is 10.2 Å². The minimum atomic E-state index is 0.416. The van der Waals surface area contributed by atoms with Crippen LogP contribution in [-0.4, -0.2) is 53.7 Å². The van der Waals surface area contributed by atoms with Gasteiger partial charge in [0, 0.05) is 85.0 Å². The van der Waals surface area contributed by atoms with E-state index in [1.54, 1.807) is 26.6 Å². The van der Waals surface area contributed by atoms with Crippen molar-refractivity contribution in [2.45, 2.75) is 53.1 Å². The fourth-order valence-electron chi connectivity index (χ4n) is 5.49. The Labute approximate surface area is 300 Å². The molecule has 0 aliphatic heterocycles. The van der Waals surface area contributed by atoms with Gasteiger partial charge in [-0.1, -0.05) is 59.6 Å². The molecule has 0 unspecified atom stereocenters. The molecule has 4 heterocycles. The van der Waals surface area contributed by atoms with Crippen LogP contribution in [0, 0.1) is 0 Å². The van der Waals surface area contributed by atoms with Crippen LogP contribution in [0.2, 0.25) is 10.0 Å². The van der Waals surface area contributed by atoms with Crippen molar-refractivity contribution in [1.82, 2.24) is 50.1 Å². The summed E-state index contributed by atoms with van der Waals surface area (Å²) in [5, 5.41) is 16.4. The fraction of sp³-hybridized carbons (Fsp3) is 0.278. The Morgan fingerprint density at radius 3 is 1.40 bits per heavy atom. The highest BCUT2D eigenvalue weighted by atomic mass is 35.5. The maximum absolute atomic E-state index is 7.07. The topological polar surface area (TPSA) is 130 Å². The molecular weight excluding hydrogens is 675 g/mol. The number of rotatable bonds is 15. The van der Waals surface area contributed by atoms with Crippen molar-refractivity contribution in [3.8, 4) is 45.4 Å².